The average Bonchev–Trinajstić information content (AvgIpc) is 3.83. The van der Waals surface area contributed by atoms with Crippen LogP contribution in [0.1, 0.15) is 101 Å². The second kappa shape index (κ2) is 16.8. The second-order valence-corrected chi connectivity index (χ2v) is 11.0. The molecule has 0 amide bonds. The van der Waals surface area contributed by atoms with Gasteiger partial charge >= 0.3 is 5.97 Å². The normalized spacial score (nSPS) is 12.7. The lowest BCUT2D eigenvalue weighted by molar-refractivity contribution is 0.0727. The third-order valence-electron chi connectivity index (χ3n) is 7.45. The van der Waals surface area contributed by atoms with E-state index in [-0.39, 0.29) is 11.5 Å². The van der Waals surface area contributed by atoms with Crippen molar-refractivity contribution in [2.45, 2.75) is 90.4 Å². The molecule has 4 rings (SSSR count). The Hall–Kier alpha value is -3.55. The maximum Gasteiger partial charge on any atom is 0.346 e. The molecule has 0 atom stereocenters. The lowest BCUT2D eigenvalue weighted by Gasteiger charge is -2.10. The van der Waals surface area contributed by atoms with Crippen LogP contribution in [0.2, 0.25) is 0 Å². The number of rotatable bonds is 19. The summed E-state index contributed by atoms with van der Waals surface area (Å²) in [4.78, 5) is 21.0. The number of aromatic nitrogens is 2. The number of hydrogen-bond acceptors (Lipinski definition) is 6. The molecule has 0 spiro atoms. The van der Waals surface area contributed by atoms with E-state index >= 15 is 0 Å². The number of hydrogen-bond donors (Lipinski definition) is 0. The maximum atomic E-state index is 14.7. The molecular weight excluding hydrogens is 538 g/mol. The molecule has 0 radical (unpaired) electrons. The molecule has 1 aliphatic carbocycles. The van der Waals surface area contributed by atoms with E-state index in [4.69, 9.17) is 14.2 Å². The van der Waals surface area contributed by atoms with Crippen LogP contribution < -0.4 is 14.2 Å². The fourth-order valence-corrected chi connectivity index (χ4v) is 4.73. The van der Waals surface area contributed by atoms with Gasteiger partial charge in [-0.15, -0.1) is 0 Å². The third-order valence-corrected chi connectivity index (χ3v) is 7.45. The van der Waals surface area contributed by atoms with Crippen molar-refractivity contribution in [3.8, 4) is 28.6 Å². The summed E-state index contributed by atoms with van der Waals surface area (Å²) < 4.78 is 45.6. The summed E-state index contributed by atoms with van der Waals surface area (Å²) in [7, 11) is 0. The van der Waals surface area contributed by atoms with E-state index in [1.54, 1.807) is 0 Å². The molecule has 8 heteroatoms. The molecule has 0 bridgehead atoms. The van der Waals surface area contributed by atoms with Crippen molar-refractivity contribution in [1.82, 2.24) is 9.97 Å². The van der Waals surface area contributed by atoms with Crippen LogP contribution in [0.5, 0.6) is 17.2 Å². The van der Waals surface area contributed by atoms with E-state index in [2.05, 4.69) is 16.9 Å². The summed E-state index contributed by atoms with van der Waals surface area (Å²) in [6.07, 6.45) is 18.0. The number of ether oxygens (including phenoxy) is 3. The van der Waals surface area contributed by atoms with Crippen molar-refractivity contribution in [3.63, 3.8) is 0 Å². The quantitative estimate of drug-likeness (QED) is 0.104. The summed E-state index contributed by atoms with van der Waals surface area (Å²) in [6, 6.07) is 9.86. The van der Waals surface area contributed by atoms with Crippen LogP contribution in [-0.4, -0.2) is 29.2 Å². The van der Waals surface area contributed by atoms with Gasteiger partial charge in [-0.2, -0.15) is 4.39 Å². The van der Waals surface area contributed by atoms with Crippen LogP contribution in [-0.2, 0) is 0 Å². The highest BCUT2D eigenvalue weighted by molar-refractivity contribution is 5.91. The van der Waals surface area contributed by atoms with Gasteiger partial charge in [-0.25, -0.2) is 19.2 Å². The van der Waals surface area contributed by atoms with Gasteiger partial charge < -0.3 is 14.2 Å². The zero-order valence-corrected chi connectivity index (χ0v) is 24.6. The van der Waals surface area contributed by atoms with E-state index in [1.807, 2.05) is 24.3 Å². The fraction of sp³-hybridized carbons (Fsp3) is 0.500. The smallest absolute Gasteiger partial charge is 0.346 e. The van der Waals surface area contributed by atoms with Crippen molar-refractivity contribution < 1.29 is 27.8 Å². The molecule has 0 N–H and O–H groups in total. The van der Waals surface area contributed by atoms with Gasteiger partial charge in [0.2, 0.25) is 5.82 Å². The van der Waals surface area contributed by atoms with Crippen LogP contribution >= 0.6 is 0 Å². The highest BCUT2D eigenvalue weighted by atomic mass is 19.2. The minimum Gasteiger partial charge on any atom is -0.494 e. The second-order valence-electron chi connectivity index (χ2n) is 11.0. The molecule has 0 aliphatic heterocycles. The first kappa shape index (κ1) is 31.4. The first-order valence-corrected chi connectivity index (χ1v) is 15.4. The molecule has 2 aromatic carbocycles. The first-order chi connectivity index (χ1) is 20.5. The molecule has 0 saturated heterocycles. The molecule has 1 saturated carbocycles. The summed E-state index contributed by atoms with van der Waals surface area (Å²) in [5, 5.41) is 0. The Morgan fingerprint density at radius 1 is 0.762 bits per heavy atom. The Kier molecular flexibility index (Phi) is 12.5. The zero-order valence-electron chi connectivity index (χ0n) is 24.6. The zero-order chi connectivity index (χ0) is 29.6. The van der Waals surface area contributed by atoms with Crippen molar-refractivity contribution in [1.29, 1.82) is 0 Å². The summed E-state index contributed by atoms with van der Waals surface area (Å²) in [5.41, 5.74) is 0.238. The molecule has 1 heterocycles. The van der Waals surface area contributed by atoms with E-state index in [0.717, 1.165) is 49.0 Å². The number of carbonyl (C=O) groups excluding carboxylic acids is 1. The predicted molar refractivity (Wildman–Crippen MR) is 159 cm³/mol. The van der Waals surface area contributed by atoms with Crippen molar-refractivity contribution in [3.05, 3.63) is 66.0 Å². The number of halogens is 2. The summed E-state index contributed by atoms with van der Waals surface area (Å²) >= 11 is 0. The monoisotopic (exact) mass is 580 g/mol. The molecule has 1 fully saturated rings. The Bertz CT molecular complexity index is 1250. The Labute approximate surface area is 247 Å². The van der Waals surface area contributed by atoms with E-state index < -0.39 is 23.2 Å². The number of carbonyl (C=O) groups is 1. The van der Waals surface area contributed by atoms with Gasteiger partial charge in [-0.1, -0.05) is 77.6 Å². The van der Waals surface area contributed by atoms with E-state index in [0.29, 0.717) is 19.0 Å². The van der Waals surface area contributed by atoms with Gasteiger partial charge in [0, 0.05) is 5.56 Å². The Balaban J connectivity index is 1.21. The molecule has 42 heavy (non-hydrogen) atoms. The number of unbranched alkanes of at least 4 members (excludes halogenated alkanes) is 8. The van der Waals surface area contributed by atoms with E-state index in [1.165, 1.54) is 76.2 Å². The standard InChI is InChI=1S/C34H42F2N2O4/c1-2-3-4-5-7-10-21-40-27-17-15-26(16-18-27)33-37-23-28(24-38-33)42-34(39)29-19-20-30(32(36)31(29)35)41-22-11-8-6-9-12-25-13-14-25/h15-20,23-25H,2-14,21-22H2,1H3. The molecule has 6 nitrogen and oxygen atoms in total. The predicted octanol–water partition coefficient (Wildman–Crippen LogP) is 9.12. The molecule has 1 aromatic heterocycles. The van der Waals surface area contributed by atoms with Gasteiger partial charge in [-0.3, -0.25) is 0 Å². The molecule has 1 aliphatic rings. The number of esters is 1. The lowest BCUT2D eigenvalue weighted by atomic mass is 10.1. The third kappa shape index (κ3) is 10.1. The minimum atomic E-state index is -1.31. The van der Waals surface area contributed by atoms with Crippen molar-refractivity contribution >= 4 is 5.97 Å². The first-order valence-electron chi connectivity index (χ1n) is 15.4. The van der Waals surface area contributed by atoms with Gasteiger partial charge in [0.05, 0.1) is 31.2 Å². The van der Waals surface area contributed by atoms with Gasteiger partial charge in [-0.05, 0) is 55.2 Å². The van der Waals surface area contributed by atoms with Gasteiger partial charge in [0.15, 0.2) is 23.1 Å². The van der Waals surface area contributed by atoms with Gasteiger partial charge in [0.1, 0.15) is 5.75 Å². The Morgan fingerprint density at radius 2 is 1.40 bits per heavy atom. The lowest BCUT2D eigenvalue weighted by Crippen LogP contribution is -2.13. The Morgan fingerprint density at radius 3 is 2.10 bits per heavy atom. The number of nitrogens with zero attached hydrogens (tertiary/aromatic N) is 2. The minimum absolute atomic E-state index is 0.0180. The summed E-state index contributed by atoms with van der Waals surface area (Å²) in [5.74, 6) is -1.61. The van der Waals surface area contributed by atoms with E-state index in [9.17, 15) is 13.6 Å². The maximum absolute atomic E-state index is 14.7. The average molecular weight is 581 g/mol. The molecule has 226 valence electrons. The number of benzene rings is 2. The SMILES string of the molecule is CCCCCCCCOc1ccc(-c2ncc(OC(=O)c3ccc(OCCCCCCC4CC4)c(F)c3F)cn2)cc1. The largest absolute Gasteiger partial charge is 0.494 e. The molecule has 3 aromatic rings. The van der Waals surface area contributed by atoms with Crippen LogP contribution in [0.4, 0.5) is 8.78 Å². The van der Waals surface area contributed by atoms with Crippen LogP contribution in [0, 0.1) is 17.6 Å². The van der Waals surface area contributed by atoms with Crippen molar-refractivity contribution in [2.75, 3.05) is 13.2 Å². The molecule has 0 unspecified atom stereocenters. The van der Waals surface area contributed by atoms with Gasteiger partial charge in [0.25, 0.3) is 0 Å². The molecular formula is C34H42F2N2O4. The summed E-state index contributed by atoms with van der Waals surface area (Å²) in [6.45, 7) is 3.19. The highest BCUT2D eigenvalue weighted by Gasteiger charge is 2.22. The van der Waals surface area contributed by atoms with Crippen molar-refractivity contribution in [2.24, 2.45) is 5.92 Å². The van der Waals surface area contributed by atoms with Crippen LogP contribution in [0.15, 0.2) is 48.8 Å². The van der Waals surface area contributed by atoms with Crippen LogP contribution in [0.3, 0.4) is 0 Å². The van der Waals surface area contributed by atoms with Crippen LogP contribution in [0.25, 0.3) is 11.4 Å². The topological polar surface area (TPSA) is 70.5 Å². The highest BCUT2D eigenvalue weighted by Crippen LogP contribution is 2.34. The fourth-order valence-electron chi connectivity index (χ4n) is 4.73.